The van der Waals surface area contributed by atoms with Crippen molar-refractivity contribution in [1.82, 2.24) is 9.80 Å². The van der Waals surface area contributed by atoms with Crippen molar-refractivity contribution < 1.29 is 33.0 Å². The van der Waals surface area contributed by atoms with Gasteiger partial charge in [-0.1, -0.05) is 12.1 Å². The maximum absolute atomic E-state index is 12.7. The number of hydrogen-bond donors (Lipinski definition) is 1. The Labute approximate surface area is 149 Å². The standard InChI is InChI=1S/C17H20F2N2O5/c1-20(10-14(22)23)15(24)11-5-4-8-21(9-11)16(25)12-6-2-3-7-13(12)26-17(18)19/h2-3,6-7,11,17H,4-5,8-10H2,1H3,(H,22,23). The zero-order valence-corrected chi connectivity index (χ0v) is 14.2. The SMILES string of the molecule is CN(CC(=O)O)C(=O)C1CCCN(C(=O)c2ccccc2OC(F)F)C1. The Morgan fingerprint density at radius 3 is 2.69 bits per heavy atom. The van der Waals surface area contributed by atoms with Crippen molar-refractivity contribution in [2.24, 2.45) is 5.92 Å². The molecule has 1 aliphatic rings. The topological polar surface area (TPSA) is 87.2 Å². The molecule has 0 aromatic heterocycles. The molecule has 1 aromatic rings. The van der Waals surface area contributed by atoms with Crippen LogP contribution in [0.15, 0.2) is 24.3 Å². The first-order valence-electron chi connectivity index (χ1n) is 8.09. The molecular weight excluding hydrogens is 350 g/mol. The Kier molecular flexibility index (Phi) is 6.48. The number of piperidine rings is 1. The predicted octanol–water partition coefficient (Wildman–Crippen LogP) is 1.68. The van der Waals surface area contributed by atoms with Gasteiger partial charge in [0.1, 0.15) is 12.3 Å². The lowest BCUT2D eigenvalue weighted by Gasteiger charge is -2.34. The largest absolute Gasteiger partial charge is 0.480 e. The van der Waals surface area contributed by atoms with E-state index in [1.165, 1.54) is 30.1 Å². The molecule has 0 bridgehead atoms. The number of likely N-dealkylation sites (tertiary alicyclic amines) is 1. The summed E-state index contributed by atoms with van der Waals surface area (Å²) in [5.74, 6) is -2.73. The lowest BCUT2D eigenvalue weighted by Crippen LogP contribution is -2.46. The summed E-state index contributed by atoms with van der Waals surface area (Å²) in [6.45, 7) is -2.99. The van der Waals surface area contributed by atoms with E-state index in [0.717, 1.165) is 4.90 Å². The zero-order chi connectivity index (χ0) is 19.3. The van der Waals surface area contributed by atoms with Gasteiger partial charge in [-0.25, -0.2) is 0 Å². The molecular formula is C17H20F2N2O5. The third kappa shape index (κ3) is 4.90. The molecule has 2 amide bonds. The van der Waals surface area contributed by atoms with E-state index >= 15 is 0 Å². The molecule has 1 aromatic carbocycles. The van der Waals surface area contributed by atoms with Crippen LogP contribution in [0.1, 0.15) is 23.2 Å². The van der Waals surface area contributed by atoms with Crippen molar-refractivity contribution in [3.63, 3.8) is 0 Å². The number of aliphatic carboxylic acids is 1. The molecule has 1 fully saturated rings. The summed E-state index contributed by atoms with van der Waals surface area (Å²) in [6, 6.07) is 5.70. The highest BCUT2D eigenvalue weighted by molar-refractivity contribution is 5.97. The van der Waals surface area contributed by atoms with E-state index in [2.05, 4.69) is 4.74 Å². The minimum absolute atomic E-state index is 0.000195. The van der Waals surface area contributed by atoms with Gasteiger partial charge in [0.25, 0.3) is 5.91 Å². The minimum Gasteiger partial charge on any atom is -0.480 e. The maximum Gasteiger partial charge on any atom is 0.387 e. The van der Waals surface area contributed by atoms with E-state index in [1.54, 1.807) is 6.07 Å². The van der Waals surface area contributed by atoms with Crippen LogP contribution >= 0.6 is 0 Å². The Morgan fingerprint density at radius 2 is 2.04 bits per heavy atom. The van der Waals surface area contributed by atoms with Crippen LogP contribution in [0.2, 0.25) is 0 Å². The van der Waals surface area contributed by atoms with Crippen molar-refractivity contribution in [3.05, 3.63) is 29.8 Å². The third-order valence-electron chi connectivity index (χ3n) is 4.14. The number of nitrogens with zero attached hydrogens (tertiary/aromatic N) is 2. The van der Waals surface area contributed by atoms with Gasteiger partial charge in [-0.05, 0) is 25.0 Å². The molecule has 0 spiro atoms. The molecule has 26 heavy (non-hydrogen) atoms. The number of hydrogen-bond acceptors (Lipinski definition) is 4. The first-order valence-corrected chi connectivity index (χ1v) is 8.09. The average Bonchev–Trinajstić information content (AvgIpc) is 2.60. The van der Waals surface area contributed by atoms with Gasteiger partial charge in [0.2, 0.25) is 5.91 Å². The molecule has 0 saturated carbocycles. The van der Waals surface area contributed by atoms with E-state index in [0.29, 0.717) is 19.4 Å². The molecule has 1 atom stereocenters. The average molecular weight is 370 g/mol. The highest BCUT2D eigenvalue weighted by Gasteiger charge is 2.32. The molecule has 1 heterocycles. The van der Waals surface area contributed by atoms with E-state index in [1.807, 2.05) is 0 Å². The van der Waals surface area contributed by atoms with E-state index in [4.69, 9.17) is 5.11 Å². The van der Waals surface area contributed by atoms with Crippen LogP contribution in [-0.2, 0) is 9.59 Å². The highest BCUT2D eigenvalue weighted by Crippen LogP contribution is 2.25. The maximum atomic E-state index is 12.7. The Morgan fingerprint density at radius 1 is 1.35 bits per heavy atom. The molecule has 7 nitrogen and oxygen atoms in total. The number of rotatable bonds is 6. The first-order chi connectivity index (χ1) is 12.3. The van der Waals surface area contributed by atoms with Crippen molar-refractivity contribution in [2.75, 3.05) is 26.7 Å². The molecule has 1 saturated heterocycles. The normalized spacial score (nSPS) is 17.1. The Balaban J connectivity index is 2.11. The molecule has 1 N–H and O–H groups in total. The quantitative estimate of drug-likeness (QED) is 0.823. The van der Waals surface area contributed by atoms with Gasteiger partial charge in [0.15, 0.2) is 0 Å². The molecule has 0 aliphatic carbocycles. The van der Waals surface area contributed by atoms with Crippen LogP contribution in [0.4, 0.5) is 8.78 Å². The summed E-state index contributed by atoms with van der Waals surface area (Å²) in [5, 5.41) is 8.79. The summed E-state index contributed by atoms with van der Waals surface area (Å²) in [4.78, 5) is 38.3. The number of para-hydroxylation sites is 1. The van der Waals surface area contributed by atoms with Crippen molar-refractivity contribution in [1.29, 1.82) is 0 Å². The molecule has 142 valence electrons. The summed E-state index contributed by atoms with van der Waals surface area (Å²) in [7, 11) is 1.39. The second kappa shape index (κ2) is 8.59. The van der Waals surface area contributed by atoms with Gasteiger partial charge >= 0.3 is 12.6 Å². The molecule has 1 aliphatic heterocycles. The highest BCUT2D eigenvalue weighted by atomic mass is 19.3. The van der Waals surface area contributed by atoms with Crippen LogP contribution in [0.25, 0.3) is 0 Å². The van der Waals surface area contributed by atoms with Crippen LogP contribution in [0.5, 0.6) is 5.75 Å². The smallest absolute Gasteiger partial charge is 0.387 e. The number of alkyl halides is 2. The van der Waals surface area contributed by atoms with E-state index in [-0.39, 0.29) is 23.8 Å². The van der Waals surface area contributed by atoms with Gasteiger partial charge in [-0.3, -0.25) is 14.4 Å². The van der Waals surface area contributed by atoms with Gasteiger partial charge in [-0.2, -0.15) is 8.78 Å². The van der Waals surface area contributed by atoms with Gasteiger partial charge < -0.3 is 19.6 Å². The van der Waals surface area contributed by atoms with Gasteiger partial charge in [-0.15, -0.1) is 0 Å². The number of carbonyl (C=O) groups is 3. The van der Waals surface area contributed by atoms with Gasteiger partial charge in [0, 0.05) is 20.1 Å². The first kappa shape index (κ1) is 19.6. The summed E-state index contributed by atoms with van der Waals surface area (Å²) in [6.07, 6.45) is 1.09. The van der Waals surface area contributed by atoms with Crippen LogP contribution in [-0.4, -0.2) is 66.0 Å². The number of carboxylic acids is 1. The number of halogens is 2. The van der Waals surface area contributed by atoms with Crippen LogP contribution in [0.3, 0.4) is 0 Å². The zero-order valence-electron chi connectivity index (χ0n) is 14.2. The molecule has 0 radical (unpaired) electrons. The number of carboxylic acid groups (broad SMARTS) is 1. The molecule has 2 rings (SSSR count). The summed E-state index contributed by atoms with van der Waals surface area (Å²) in [5.41, 5.74) is -0.000195. The van der Waals surface area contributed by atoms with E-state index in [9.17, 15) is 23.2 Å². The fraction of sp³-hybridized carbons (Fsp3) is 0.471. The van der Waals surface area contributed by atoms with Crippen LogP contribution < -0.4 is 4.74 Å². The fourth-order valence-electron chi connectivity index (χ4n) is 2.97. The second-order valence-corrected chi connectivity index (χ2v) is 6.05. The molecule has 1 unspecified atom stereocenters. The number of benzene rings is 1. The number of carbonyl (C=O) groups excluding carboxylic acids is 2. The number of amides is 2. The van der Waals surface area contributed by atoms with Crippen molar-refractivity contribution >= 4 is 17.8 Å². The Hall–Kier alpha value is -2.71. The van der Waals surface area contributed by atoms with Crippen molar-refractivity contribution in [2.45, 2.75) is 19.5 Å². The number of likely N-dealkylation sites (N-methyl/N-ethyl adjacent to an activating group) is 1. The lowest BCUT2D eigenvalue weighted by atomic mass is 9.96. The fourth-order valence-corrected chi connectivity index (χ4v) is 2.97. The second-order valence-electron chi connectivity index (χ2n) is 6.05. The Bertz CT molecular complexity index is 683. The van der Waals surface area contributed by atoms with Gasteiger partial charge in [0.05, 0.1) is 11.5 Å². The third-order valence-corrected chi connectivity index (χ3v) is 4.14. The summed E-state index contributed by atoms with van der Waals surface area (Å²) < 4.78 is 29.4. The molecule has 9 heteroatoms. The number of ether oxygens (including phenoxy) is 1. The lowest BCUT2D eigenvalue weighted by molar-refractivity contribution is -0.145. The minimum atomic E-state index is -3.05. The predicted molar refractivity (Wildman–Crippen MR) is 87.0 cm³/mol. The van der Waals surface area contributed by atoms with E-state index < -0.39 is 31.0 Å². The summed E-state index contributed by atoms with van der Waals surface area (Å²) >= 11 is 0. The monoisotopic (exact) mass is 370 g/mol. The van der Waals surface area contributed by atoms with Crippen molar-refractivity contribution in [3.8, 4) is 5.75 Å². The van der Waals surface area contributed by atoms with Crippen LogP contribution in [0, 0.1) is 5.92 Å².